The third-order valence-corrected chi connectivity index (χ3v) is 6.12. The highest BCUT2D eigenvalue weighted by atomic mass is 19.1. The lowest BCUT2D eigenvalue weighted by atomic mass is 10.0. The molecule has 3 fully saturated rings. The molecule has 0 spiro atoms. The third kappa shape index (κ3) is 3.52. The quantitative estimate of drug-likeness (QED) is 0.742. The fourth-order valence-corrected chi connectivity index (χ4v) is 4.08. The van der Waals surface area contributed by atoms with Gasteiger partial charge in [-0.25, -0.2) is 4.39 Å². The van der Waals surface area contributed by atoms with Crippen LogP contribution in [0.1, 0.15) is 12.8 Å². The van der Waals surface area contributed by atoms with E-state index in [9.17, 15) is 14.0 Å². The highest BCUT2D eigenvalue weighted by Crippen LogP contribution is 2.49. The number of halogens is 1. The molecule has 0 bridgehead atoms. The van der Waals surface area contributed by atoms with E-state index < -0.39 is 5.41 Å². The molecule has 1 saturated carbocycles. The van der Waals surface area contributed by atoms with Gasteiger partial charge in [-0.05, 0) is 44.2 Å². The summed E-state index contributed by atoms with van der Waals surface area (Å²) in [5.41, 5.74) is 0.173. The number of likely N-dealkylation sites (N-methyl/N-ethyl adjacent to an activating group) is 1. The van der Waals surface area contributed by atoms with Crippen molar-refractivity contribution in [1.29, 1.82) is 0 Å². The van der Waals surface area contributed by atoms with Gasteiger partial charge in [0.2, 0.25) is 11.8 Å². The maximum Gasteiger partial charge on any atom is 0.238 e. The molecule has 0 aromatic heterocycles. The van der Waals surface area contributed by atoms with Crippen molar-refractivity contribution < 1.29 is 14.0 Å². The zero-order chi connectivity index (χ0) is 19.0. The van der Waals surface area contributed by atoms with Crippen molar-refractivity contribution >= 4 is 17.5 Å². The Bertz CT molecular complexity index is 703. The van der Waals surface area contributed by atoms with Crippen LogP contribution in [0.5, 0.6) is 0 Å². The molecule has 0 atom stereocenters. The predicted octanol–water partition coefficient (Wildman–Crippen LogP) is 1.03. The summed E-state index contributed by atoms with van der Waals surface area (Å²) in [6, 6.07) is 6.46. The van der Waals surface area contributed by atoms with Crippen LogP contribution in [0.2, 0.25) is 0 Å². The molecule has 2 aliphatic heterocycles. The van der Waals surface area contributed by atoms with E-state index in [0.29, 0.717) is 52.1 Å². The lowest BCUT2D eigenvalue weighted by molar-refractivity contribution is -0.150. The monoisotopic (exact) mass is 374 g/mol. The lowest BCUT2D eigenvalue weighted by Crippen LogP contribution is -2.55. The molecule has 1 aromatic rings. The maximum absolute atomic E-state index is 13.1. The van der Waals surface area contributed by atoms with E-state index in [4.69, 9.17) is 0 Å². The Morgan fingerprint density at radius 2 is 1.30 bits per heavy atom. The van der Waals surface area contributed by atoms with Crippen molar-refractivity contribution in [1.82, 2.24) is 14.7 Å². The van der Waals surface area contributed by atoms with E-state index in [0.717, 1.165) is 18.8 Å². The first-order valence-corrected chi connectivity index (χ1v) is 9.77. The van der Waals surface area contributed by atoms with Gasteiger partial charge in [0.25, 0.3) is 0 Å². The molecule has 2 heterocycles. The first-order valence-electron chi connectivity index (χ1n) is 9.77. The number of carbonyl (C=O) groups excluding carboxylic acids is 2. The molecular formula is C20H27FN4O2. The van der Waals surface area contributed by atoms with Crippen molar-refractivity contribution in [3.8, 4) is 0 Å². The van der Waals surface area contributed by atoms with Crippen LogP contribution in [-0.4, -0.2) is 85.9 Å². The highest BCUT2D eigenvalue weighted by Gasteiger charge is 2.59. The van der Waals surface area contributed by atoms with Gasteiger partial charge in [-0.1, -0.05) is 0 Å². The topological polar surface area (TPSA) is 47.1 Å². The third-order valence-electron chi connectivity index (χ3n) is 6.12. The summed E-state index contributed by atoms with van der Waals surface area (Å²) in [5, 5.41) is 0. The molecule has 1 aromatic carbocycles. The summed E-state index contributed by atoms with van der Waals surface area (Å²) in [4.78, 5) is 34.2. The van der Waals surface area contributed by atoms with Crippen molar-refractivity contribution in [3.05, 3.63) is 30.1 Å². The zero-order valence-corrected chi connectivity index (χ0v) is 15.9. The molecule has 2 amide bonds. The second-order valence-electron chi connectivity index (χ2n) is 7.93. The first kappa shape index (κ1) is 18.2. The van der Waals surface area contributed by atoms with Crippen LogP contribution >= 0.6 is 0 Å². The lowest BCUT2D eigenvalue weighted by Gasteiger charge is -2.39. The van der Waals surface area contributed by atoms with Crippen LogP contribution in [-0.2, 0) is 9.59 Å². The summed E-state index contributed by atoms with van der Waals surface area (Å²) < 4.78 is 13.1. The number of rotatable bonds is 3. The second-order valence-corrected chi connectivity index (χ2v) is 7.93. The molecule has 27 heavy (non-hydrogen) atoms. The number of hydrogen-bond acceptors (Lipinski definition) is 4. The molecule has 4 rings (SSSR count). The van der Waals surface area contributed by atoms with E-state index in [1.165, 1.54) is 12.1 Å². The molecule has 0 radical (unpaired) electrons. The molecule has 146 valence electrons. The second kappa shape index (κ2) is 7.11. The van der Waals surface area contributed by atoms with Gasteiger partial charge in [0.05, 0.1) is 0 Å². The van der Waals surface area contributed by atoms with E-state index in [-0.39, 0.29) is 17.6 Å². The van der Waals surface area contributed by atoms with E-state index in [1.54, 1.807) is 12.1 Å². The fourth-order valence-electron chi connectivity index (χ4n) is 4.08. The van der Waals surface area contributed by atoms with Crippen molar-refractivity contribution in [3.63, 3.8) is 0 Å². The average molecular weight is 374 g/mol. The van der Waals surface area contributed by atoms with Gasteiger partial charge in [-0.15, -0.1) is 0 Å². The molecule has 0 unspecified atom stereocenters. The van der Waals surface area contributed by atoms with E-state index in [2.05, 4.69) is 16.8 Å². The van der Waals surface area contributed by atoms with Crippen LogP contribution in [0, 0.1) is 11.2 Å². The van der Waals surface area contributed by atoms with Crippen LogP contribution in [0.3, 0.4) is 0 Å². The normalized spacial score (nSPS) is 22.7. The highest BCUT2D eigenvalue weighted by molar-refractivity contribution is 6.08. The Morgan fingerprint density at radius 1 is 0.815 bits per heavy atom. The maximum atomic E-state index is 13.1. The van der Waals surface area contributed by atoms with Gasteiger partial charge in [0.1, 0.15) is 11.2 Å². The Kier molecular flexibility index (Phi) is 4.80. The minimum atomic E-state index is -0.798. The number of benzene rings is 1. The number of anilines is 1. The molecule has 0 N–H and O–H groups in total. The Balaban J connectivity index is 1.36. The van der Waals surface area contributed by atoms with E-state index >= 15 is 0 Å². The van der Waals surface area contributed by atoms with Gasteiger partial charge in [0.15, 0.2) is 0 Å². The summed E-state index contributed by atoms with van der Waals surface area (Å²) in [6.45, 7) is 5.78. The van der Waals surface area contributed by atoms with Crippen molar-refractivity contribution in [2.24, 2.45) is 5.41 Å². The number of nitrogens with zero attached hydrogens (tertiary/aromatic N) is 4. The SMILES string of the molecule is CN1CCN(C(=O)C2(C(=O)N3CCN(c4ccc(F)cc4)CC3)CC2)CC1. The predicted molar refractivity (Wildman–Crippen MR) is 101 cm³/mol. The Labute approximate surface area is 159 Å². The van der Waals surface area contributed by atoms with Crippen LogP contribution < -0.4 is 4.90 Å². The van der Waals surface area contributed by atoms with Crippen molar-refractivity contribution in [2.75, 3.05) is 64.3 Å². The summed E-state index contributed by atoms with van der Waals surface area (Å²) in [7, 11) is 2.06. The summed E-state index contributed by atoms with van der Waals surface area (Å²) >= 11 is 0. The molecule has 6 nitrogen and oxygen atoms in total. The van der Waals surface area contributed by atoms with Gasteiger partial charge in [-0.2, -0.15) is 0 Å². The molecule has 7 heteroatoms. The average Bonchev–Trinajstić information content (AvgIpc) is 3.50. The largest absolute Gasteiger partial charge is 0.368 e. The molecule has 2 saturated heterocycles. The van der Waals surface area contributed by atoms with Gasteiger partial charge >= 0.3 is 0 Å². The minimum absolute atomic E-state index is 0.00480. The summed E-state index contributed by atoms with van der Waals surface area (Å²) in [6.07, 6.45) is 1.35. The van der Waals surface area contributed by atoms with Crippen molar-refractivity contribution in [2.45, 2.75) is 12.8 Å². The smallest absolute Gasteiger partial charge is 0.238 e. The number of carbonyl (C=O) groups is 2. The fraction of sp³-hybridized carbons (Fsp3) is 0.600. The van der Waals surface area contributed by atoms with Crippen LogP contribution in [0.4, 0.5) is 10.1 Å². The molecule has 3 aliphatic rings. The molecule has 1 aliphatic carbocycles. The minimum Gasteiger partial charge on any atom is -0.368 e. The Morgan fingerprint density at radius 3 is 1.78 bits per heavy atom. The number of hydrogen-bond donors (Lipinski definition) is 0. The number of piperazine rings is 2. The molecular weight excluding hydrogens is 347 g/mol. The van der Waals surface area contributed by atoms with Gasteiger partial charge in [-0.3, -0.25) is 9.59 Å². The first-order chi connectivity index (χ1) is 13.0. The number of amides is 2. The van der Waals surface area contributed by atoms with E-state index in [1.807, 2.05) is 9.80 Å². The van der Waals surface area contributed by atoms with Crippen LogP contribution in [0.25, 0.3) is 0 Å². The van der Waals surface area contributed by atoms with Gasteiger partial charge < -0.3 is 19.6 Å². The van der Waals surface area contributed by atoms with Gasteiger partial charge in [0, 0.05) is 58.0 Å². The van der Waals surface area contributed by atoms with Crippen LogP contribution in [0.15, 0.2) is 24.3 Å². The summed E-state index contributed by atoms with van der Waals surface area (Å²) in [5.74, 6) is -0.211. The standard InChI is InChI=1S/C20H27FN4O2/c1-22-8-10-24(11-9-22)18(26)20(6-7-20)19(27)25-14-12-23(13-15-25)17-4-2-16(21)3-5-17/h2-5H,6-15H2,1H3. The Hall–Kier alpha value is -2.15. The zero-order valence-electron chi connectivity index (χ0n) is 15.9.